The molecule has 1 aliphatic heterocycles. The molecule has 0 spiro atoms. The van der Waals surface area contributed by atoms with Gasteiger partial charge in [-0.1, -0.05) is 30.3 Å². The summed E-state index contributed by atoms with van der Waals surface area (Å²) in [6.07, 6.45) is 1.39. The van der Waals surface area contributed by atoms with Crippen molar-refractivity contribution in [3.05, 3.63) is 59.5 Å². The summed E-state index contributed by atoms with van der Waals surface area (Å²) < 4.78 is 5.57. The fraction of sp³-hybridized carbons (Fsp3) is 0.429. The van der Waals surface area contributed by atoms with Gasteiger partial charge in [-0.05, 0) is 43.9 Å². The number of aryl methyl sites for hydroxylation is 1. The molecule has 1 saturated heterocycles. The molecule has 1 aliphatic rings. The van der Waals surface area contributed by atoms with Gasteiger partial charge in [-0.3, -0.25) is 9.59 Å². The number of carbonyl (C=O) groups is 2. The molecule has 2 aromatic rings. The Labute approximate surface area is 154 Å². The van der Waals surface area contributed by atoms with Crippen LogP contribution in [0.4, 0.5) is 0 Å². The molecule has 1 unspecified atom stereocenters. The van der Waals surface area contributed by atoms with E-state index in [-0.39, 0.29) is 24.3 Å². The second-order valence-corrected chi connectivity index (χ2v) is 6.95. The molecule has 3 rings (SSSR count). The first kappa shape index (κ1) is 18.2. The van der Waals surface area contributed by atoms with E-state index in [1.807, 2.05) is 44.2 Å². The van der Waals surface area contributed by atoms with Crippen molar-refractivity contribution in [2.24, 2.45) is 5.92 Å². The van der Waals surface area contributed by atoms with Crippen LogP contribution in [-0.4, -0.2) is 41.2 Å². The molecule has 1 aromatic heterocycles. The minimum absolute atomic E-state index is 0.0322. The number of benzene rings is 1. The number of likely N-dealkylation sites (N-methyl/N-ethyl adjacent to an activating group) is 1. The molecule has 26 heavy (non-hydrogen) atoms. The van der Waals surface area contributed by atoms with Gasteiger partial charge in [0.05, 0.1) is 13.1 Å². The Morgan fingerprint density at radius 1 is 1.23 bits per heavy atom. The van der Waals surface area contributed by atoms with Gasteiger partial charge in [-0.15, -0.1) is 0 Å². The Bertz CT molecular complexity index is 754. The van der Waals surface area contributed by atoms with Gasteiger partial charge >= 0.3 is 0 Å². The van der Waals surface area contributed by atoms with Crippen LogP contribution in [0.1, 0.15) is 30.4 Å². The Morgan fingerprint density at radius 3 is 2.65 bits per heavy atom. The fourth-order valence-corrected chi connectivity index (χ4v) is 3.49. The van der Waals surface area contributed by atoms with Crippen LogP contribution in [0.3, 0.4) is 0 Å². The van der Waals surface area contributed by atoms with Crippen molar-refractivity contribution >= 4 is 11.8 Å². The molecule has 0 radical (unpaired) electrons. The van der Waals surface area contributed by atoms with Crippen molar-refractivity contribution in [1.82, 2.24) is 9.80 Å². The highest BCUT2D eigenvalue weighted by Crippen LogP contribution is 2.22. The van der Waals surface area contributed by atoms with Gasteiger partial charge in [0.1, 0.15) is 11.5 Å². The van der Waals surface area contributed by atoms with E-state index in [1.165, 1.54) is 5.56 Å². The third-order valence-electron chi connectivity index (χ3n) is 4.87. The molecule has 0 aliphatic carbocycles. The zero-order chi connectivity index (χ0) is 18.5. The van der Waals surface area contributed by atoms with Crippen LogP contribution < -0.4 is 0 Å². The molecule has 0 bridgehead atoms. The quantitative estimate of drug-likeness (QED) is 0.768. The average molecular weight is 354 g/mol. The number of likely N-dealkylation sites (tertiary alicyclic amines) is 1. The number of nitrogens with zero attached hydrogens (tertiary/aromatic N) is 2. The minimum atomic E-state index is -0.0322. The normalized spacial score (nSPS) is 16.9. The van der Waals surface area contributed by atoms with Crippen LogP contribution in [0.2, 0.25) is 0 Å². The largest absolute Gasteiger partial charge is 0.464 e. The van der Waals surface area contributed by atoms with Gasteiger partial charge in [0, 0.05) is 19.5 Å². The molecular formula is C21H26N2O3. The molecule has 5 heteroatoms. The highest BCUT2D eigenvalue weighted by atomic mass is 16.3. The first-order valence-electron chi connectivity index (χ1n) is 9.20. The van der Waals surface area contributed by atoms with Crippen molar-refractivity contribution in [1.29, 1.82) is 0 Å². The lowest BCUT2D eigenvalue weighted by Crippen LogP contribution is -2.40. The summed E-state index contributed by atoms with van der Waals surface area (Å²) in [6, 6.07) is 14.0. The van der Waals surface area contributed by atoms with Gasteiger partial charge in [0.25, 0.3) is 0 Å². The standard InChI is InChI=1S/C21H26N2O3/c1-3-22(14-19-10-9-16(2)26-19)21(25)15-23-13-18(12-20(23)24)11-17-7-5-4-6-8-17/h4-10,18H,3,11-15H2,1-2H3. The maximum absolute atomic E-state index is 12.6. The first-order chi connectivity index (χ1) is 12.5. The van der Waals surface area contributed by atoms with Gasteiger partial charge < -0.3 is 14.2 Å². The molecule has 2 heterocycles. The smallest absolute Gasteiger partial charge is 0.242 e. The molecule has 2 amide bonds. The van der Waals surface area contributed by atoms with Crippen LogP contribution >= 0.6 is 0 Å². The summed E-state index contributed by atoms with van der Waals surface area (Å²) in [4.78, 5) is 28.4. The van der Waals surface area contributed by atoms with Gasteiger partial charge in [0.2, 0.25) is 11.8 Å². The van der Waals surface area contributed by atoms with Crippen molar-refractivity contribution in [3.8, 4) is 0 Å². The molecule has 1 fully saturated rings. The van der Waals surface area contributed by atoms with E-state index in [2.05, 4.69) is 12.1 Å². The molecular weight excluding hydrogens is 328 g/mol. The Kier molecular flexibility index (Phi) is 5.76. The topological polar surface area (TPSA) is 53.8 Å². The van der Waals surface area contributed by atoms with Crippen LogP contribution in [0, 0.1) is 12.8 Å². The monoisotopic (exact) mass is 354 g/mol. The summed E-state index contributed by atoms with van der Waals surface area (Å²) in [5.74, 6) is 1.93. The number of amides is 2. The second-order valence-electron chi connectivity index (χ2n) is 6.95. The van der Waals surface area contributed by atoms with Gasteiger partial charge in [-0.25, -0.2) is 0 Å². The lowest BCUT2D eigenvalue weighted by Gasteiger charge is -2.23. The van der Waals surface area contributed by atoms with E-state index >= 15 is 0 Å². The van der Waals surface area contributed by atoms with Crippen LogP contribution in [0.25, 0.3) is 0 Å². The fourth-order valence-electron chi connectivity index (χ4n) is 3.49. The van der Waals surface area contributed by atoms with Gasteiger partial charge in [0.15, 0.2) is 0 Å². The molecule has 0 N–H and O–H groups in total. The van der Waals surface area contributed by atoms with Crippen molar-refractivity contribution in [3.63, 3.8) is 0 Å². The predicted octanol–water partition coefficient (Wildman–Crippen LogP) is 3.03. The van der Waals surface area contributed by atoms with Crippen LogP contribution in [0.5, 0.6) is 0 Å². The second kappa shape index (κ2) is 8.21. The highest BCUT2D eigenvalue weighted by Gasteiger charge is 2.31. The summed E-state index contributed by atoms with van der Waals surface area (Å²) >= 11 is 0. The maximum Gasteiger partial charge on any atom is 0.242 e. The number of furan rings is 1. The predicted molar refractivity (Wildman–Crippen MR) is 99.4 cm³/mol. The third-order valence-corrected chi connectivity index (χ3v) is 4.87. The van der Waals surface area contributed by atoms with Gasteiger partial charge in [-0.2, -0.15) is 0 Å². The number of rotatable bonds is 7. The van der Waals surface area contributed by atoms with Crippen molar-refractivity contribution in [2.75, 3.05) is 19.6 Å². The van der Waals surface area contributed by atoms with E-state index in [0.717, 1.165) is 17.9 Å². The molecule has 138 valence electrons. The zero-order valence-corrected chi connectivity index (χ0v) is 15.5. The van der Waals surface area contributed by atoms with E-state index < -0.39 is 0 Å². The molecule has 1 aromatic carbocycles. The Hall–Kier alpha value is -2.56. The average Bonchev–Trinajstić information content (AvgIpc) is 3.19. The van der Waals surface area contributed by atoms with E-state index in [9.17, 15) is 9.59 Å². The molecule has 0 saturated carbocycles. The maximum atomic E-state index is 12.6. The number of hydrogen-bond donors (Lipinski definition) is 0. The van der Waals surface area contributed by atoms with E-state index in [1.54, 1.807) is 9.80 Å². The SMILES string of the molecule is CCN(Cc1ccc(C)o1)C(=O)CN1CC(Cc2ccccc2)CC1=O. The first-order valence-corrected chi connectivity index (χ1v) is 9.20. The molecule has 5 nitrogen and oxygen atoms in total. The zero-order valence-electron chi connectivity index (χ0n) is 15.5. The summed E-state index contributed by atoms with van der Waals surface area (Å²) in [5, 5.41) is 0. The van der Waals surface area contributed by atoms with Crippen molar-refractivity contribution < 1.29 is 14.0 Å². The Balaban J connectivity index is 1.55. The van der Waals surface area contributed by atoms with Crippen LogP contribution in [0.15, 0.2) is 46.9 Å². The lowest BCUT2D eigenvalue weighted by molar-refractivity contribution is -0.138. The summed E-state index contributed by atoms with van der Waals surface area (Å²) in [7, 11) is 0. The summed E-state index contributed by atoms with van der Waals surface area (Å²) in [6.45, 7) is 5.66. The summed E-state index contributed by atoms with van der Waals surface area (Å²) in [5.41, 5.74) is 1.24. The number of carbonyl (C=O) groups excluding carboxylic acids is 2. The van der Waals surface area contributed by atoms with E-state index in [4.69, 9.17) is 4.42 Å². The van der Waals surface area contributed by atoms with E-state index in [0.29, 0.717) is 26.1 Å². The third kappa shape index (κ3) is 4.54. The number of hydrogen-bond acceptors (Lipinski definition) is 3. The van der Waals surface area contributed by atoms with Crippen molar-refractivity contribution in [2.45, 2.75) is 33.2 Å². The highest BCUT2D eigenvalue weighted by molar-refractivity contribution is 5.86. The van der Waals surface area contributed by atoms with Crippen LogP contribution in [-0.2, 0) is 22.6 Å². The lowest BCUT2D eigenvalue weighted by atomic mass is 9.99. The molecule has 1 atom stereocenters. The Morgan fingerprint density at radius 2 is 2.00 bits per heavy atom. The minimum Gasteiger partial charge on any atom is -0.464 e.